The van der Waals surface area contributed by atoms with Crippen LogP contribution in [0.15, 0.2) is 18.2 Å². The molecule has 0 aromatic heterocycles. The third-order valence-corrected chi connectivity index (χ3v) is 3.29. The molecule has 0 aliphatic heterocycles. The number of hydrogen-bond acceptors (Lipinski definition) is 2. The molecule has 0 saturated carbocycles. The first kappa shape index (κ1) is 15.4. The van der Waals surface area contributed by atoms with Crippen molar-refractivity contribution in [3.8, 4) is 0 Å². The highest BCUT2D eigenvalue weighted by atomic mass is 35.5. The average Bonchev–Trinajstić information content (AvgIpc) is 2.35. The van der Waals surface area contributed by atoms with Gasteiger partial charge in [0.05, 0.1) is 0 Å². The maximum atomic E-state index is 12.9. The van der Waals surface area contributed by atoms with Crippen molar-refractivity contribution in [2.24, 2.45) is 0 Å². The van der Waals surface area contributed by atoms with E-state index in [1.54, 1.807) is 6.07 Å². The van der Waals surface area contributed by atoms with E-state index in [2.05, 4.69) is 5.32 Å². The molecule has 102 valence electrons. The molecule has 1 rings (SSSR count). The summed E-state index contributed by atoms with van der Waals surface area (Å²) in [6.45, 7) is 3.54. The van der Waals surface area contributed by atoms with E-state index in [0.717, 1.165) is 38.0 Å². The minimum Gasteiger partial charge on any atom is -0.382 e. The van der Waals surface area contributed by atoms with Crippen molar-refractivity contribution in [2.75, 3.05) is 20.3 Å². The first-order valence-corrected chi connectivity index (χ1v) is 6.74. The maximum absolute atomic E-state index is 12.9. The Morgan fingerprint density at radius 1 is 1.44 bits per heavy atom. The lowest BCUT2D eigenvalue weighted by Gasteiger charge is -2.17. The summed E-state index contributed by atoms with van der Waals surface area (Å²) in [5.41, 5.74) is 0.980. The molecule has 4 heteroatoms. The Bertz CT molecular complexity index is 360. The van der Waals surface area contributed by atoms with Gasteiger partial charge in [-0.15, -0.1) is 0 Å². The molecular weight excluding hydrogens is 253 g/mol. The van der Waals surface area contributed by atoms with Crippen LogP contribution in [0.2, 0.25) is 5.02 Å². The summed E-state index contributed by atoms with van der Waals surface area (Å²) in [5.74, 6) is -0.291. The first-order valence-electron chi connectivity index (χ1n) is 6.36. The van der Waals surface area contributed by atoms with Crippen LogP contribution in [0.4, 0.5) is 4.39 Å². The van der Waals surface area contributed by atoms with Crippen LogP contribution in [-0.4, -0.2) is 26.3 Å². The largest absolute Gasteiger partial charge is 0.382 e. The fourth-order valence-corrected chi connectivity index (χ4v) is 2.12. The molecule has 2 nitrogen and oxygen atoms in total. The second-order valence-electron chi connectivity index (χ2n) is 4.26. The van der Waals surface area contributed by atoms with E-state index in [9.17, 15) is 4.39 Å². The molecule has 1 aromatic carbocycles. The van der Waals surface area contributed by atoms with E-state index >= 15 is 0 Å². The highest BCUT2D eigenvalue weighted by Gasteiger charge is 2.10. The summed E-state index contributed by atoms with van der Waals surface area (Å²) < 4.78 is 18.3. The minimum atomic E-state index is -0.291. The number of nitrogens with one attached hydrogen (secondary N) is 1. The molecule has 1 atom stereocenters. The number of benzene rings is 1. The zero-order valence-corrected chi connectivity index (χ0v) is 11.8. The third-order valence-electron chi connectivity index (χ3n) is 2.94. The fraction of sp³-hybridized carbons (Fsp3) is 0.571. The Morgan fingerprint density at radius 2 is 2.22 bits per heavy atom. The molecule has 0 heterocycles. The van der Waals surface area contributed by atoms with Crippen LogP contribution in [-0.2, 0) is 11.2 Å². The van der Waals surface area contributed by atoms with E-state index < -0.39 is 0 Å². The van der Waals surface area contributed by atoms with Crippen LogP contribution in [0.1, 0.15) is 25.3 Å². The zero-order chi connectivity index (χ0) is 13.4. The smallest absolute Gasteiger partial charge is 0.124 e. The molecule has 0 bridgehead atoms. The molecule has 0 fully saturated rings. The molecule has 0 radical (unpaired) electrons. The predicted octanol–water partition coefficient (Wildman–Crippen LogP) is 3.43. The lowest BCUT2D eigenvalue weighted by molar-refractivity contribution is 0.141. The van der Waals surface area contributed by atoms with Crippen LogP contribution in [0.5, 0.6) is 0 Å². The van der Waals surface area contributed by atoms with E-state index in [-0.39, 0.29) is 5.82 Å². The highest BCUT2D eigenvalue weighted by molar-refractivity contribution is 6.31. The number of ether oxygens (including phenoxy) is 1. The Labute approximate surface area is 113 Å². The lowest BCUT2D eigenvalue weighted by atomic mass is 10.0. The van der Waals surface area contributed by atoms with E-state index in [4.69, 9.17) is 16.3 Å². The van der Waals surface area contributed by atoms with Crippen molar-refractivity contribution < 1.29 is 9.13 Å². The minimum absolute atomic E-state index is 0.291. The van der Waals surface area contributed by atoms with Gasteiger partial charge in [0.15, 0.2) is 0 Å². The second-order valence-corrected chi connectivity index (χ2v) is 4.67. The lowest BCUT2D eigenvalue weighted by Crippen LogP contribution is -2.28. The van der Waals surface area contributed by atoms with Gasteiger partial charge in [0.2, 0.25) is 0 Å². The molecule has 0 aliphatic rings. The van der Waals surface area contributed by atoms with Gasteiger partial charge in [-0.3, -0.25) is 0 Å². The van der Waals surface area contributed by atoms with E-state index in [0.29, 0.717) is 11.1 Å². The SMILES string of the molecule is CCOCCCC(Cc1ccc(F)cc1Cl)NC. The van der Waals surface area contributed by atoms with Gasteiger partial charge in [0, 0.05) is 24.3 Å². The Hall–Kier alpha value is -0.640. The van der Waals surface area contributed by atoms with Crippen molar-refractivity contribution in [3.05, 3.63) is 34.6 Å². The van der Waals surface area contributed by atoms with Crippen molar-refractivity contribution in [2.45, 2.75) is 32.2 Å². The van der Waals surface area contributed by atoms with Gasteiger partial charge >= 0.3 is 0 Å². The predicted molar refractivity (Wildman–Crippen MR) is 73.7 cm³/mol. The normalized spacial score (nSPS) is 12.7. The second kappa shape index (κ2) is 8.46. The van der Waals surface area contributed by atoms with Crippen molar-refractivity contribution in [1.82, 2.24) is 5.32 Å². The number of rotatable bonds is 8. The Morgan fingerprint density at radius 3 is 2.83 bits per heavy atom. The van der Waals surface area contributed by atoms with Crippen molar-refractivity contribution in [1.29, 1.82) is 0 Å². The molecular formula is C14H21ClFNO. The summed E-state index contributed by atoms with van der Waals surface area (Å²) in [7, 11) is 1.93. The van der Waals surface area contributed by atoms with Gasteiger partial charge in [-0.2, -0.15) is 0 Å². The average molecular weight is 274 g/mol. The number of halogens is 2. The van der Waals surface area contributed by atoms with Gasteiger partial charge in [-0.25, -0.2) is 4.39 Å². The van der Waals surface area contributed by atoms with Gasteiger partial charge in [0.25, 0.3) is 0 Å². The van der Waals surface area contributed by atoms with E-state index in [1.165, 1.54) is 12.1 Å². The van der Waals surface area contributed by atoms with Gasteiger partial charge in [-0.1, -0.05) is 17.7 Å². The number of likely N-dealkylation sites (N-methyl/N-ethyl adjacent to an activating group) is 1. The summed E-state index contributed by atoms with van der Waals surface area (Å²) in [4.78, 5) is 0. The third kappa shape index (κ3) is 5.34. The van der Waals surface area contributed by atoms with Crippen LogP contribution in [0.25, 0.3) is 0 Å². The molecule has 1 unspecified atom stereocenters. The summed E-state index contributed by atoms with van der Waals surface area (Å²) in [5, 5.41) is 3.76. The van der Waals surface area contributed by atoms with Gasteiger partial charge in [-0.05, 0) is 50.9 Å². The molecule has 0 spiro atoms. The Balaban J connectivity index is 2.46. The molecule has 18 heavy (non-hydrogen) atoms. The summed E-state index contributed by atoms with van der Waals surface area (Å²) in [6.07, 6.45) is 2.84. The summed E-state index contributed by atoms with van der Waals surface area (Å²) >= 11 is 6.02. The molecule has 1 aromatic rings. The molecule has 1 N–H and O–H groups in total. The van der Waals surface area contributed by atoms with Crippen molar-refractivity contribution in [3.63, 3.8) is 0 Å². The quantitative estimate of drug-likeness (QED) is 0.733. The van der Waals surface area contributed by atoms with Crippen LogP contribution in [0, 0.1) is 5.82 Å². The van der Waals surface area contributed by atoms with Crippen LogP contribution >= 0.6 is 11.6 Å². The molecule has 0 saturated heterocycles. The molecule has 0 aliphatic carbocycles. The monoisotopic (exact) mass is 273 g/mol. The summed E-state index contributed by atoms with van der Waals surface area (Å²) in [6, 6.07) is 4.91. The van der Waals surface area contributed by atoms with E-state index in [1.807, 2.05) is 14.0 Å². The van der Waals surface area contributed by atoms with Crippen LogP contribution in [0.3, 0.4) is 0 Å². The zero-order valence-electron chi connectivity index (χ0n) is 11.0. The highest BCUT2D eigenvalue weighted by Crippen LogP contribution is 2.19. The van der Waals surface area contributed by atoms with Crippen molar-refractivity contribution >= 4 is 11.6 Å². The topological polar surface area (TPSA) is 21.3 Å². The standard InChI is InChI=1S/C14H21ClFNO/c1-3-18-8-4-5-13(17-2)9-11-6-7-12(16)10-14(11)15/h6-7,10,13,17H,3-5,8-9H2,1-2H3. The fourth-order valence-electron chi connectivity index (χ4n) is 1.88. The van der Waals surface area contributed by atoms with Gasteiger partial charge in [0.1, 0.15) is 5.82 Å². The van der Waals surface area contributed by atoms with Crippen LogP contribution < -0.4 is 5.32 Å². The Kier molecular flexibility index (Phi) is 7.25. The molecule has 0 amide bonds. The first-order chi connectivity index (χ1) is 8.67. The van der Waals surface area contributed by atoms with Gasteiger partial charge < -0.3 is 10.1 Å². The number of hydrogen-bond donors (Lipinski definition) is 1. The maximum Gasteiger partial charge on any atom is 0.124 e.